The summed E-state index contributed by atoms with van der Waals surface area (Å²) in [5, 5.41) is 12.3. The van der Waals surface area contributed by atoms with E-state index in [1.54, 1.807) is 21.5 Å². The third kappa shape index (κ3) is 1.60. The van der Waals surface area contributed by atoms with Crippen molar-refractivity contribution >= 4 is 24.0 Å². The number of halogens is 1. The van der Waals surface area contributed by atoms with Crippen molar-refractivity contribution in [3.05, 3.63) is 24.5 Å². The zero-order valence-electron chi connectivity index (χ0n) is 8.98. The van der Waals surface area contributed by atoms with Crippen molar-refractivity contribution in [3.8, 4) is 11.5 Å². The van der Waals surface area contributed by atoms with Gasteiger partial charge in [0.15, 0.2) is 11.6 Å². The molecule has 3 rings (SSSR count). The normalized spacial score (nSPS) is 10.4. The molecule has 0 atom stereocenters. The van der Waals surface area contributed by atoms with Crippen molar-refractivity contribution in [2.75, 3.05) is 5.73 Å². The Balaban J connectivity index is 0.00000108. The SMILES string of the molecule is Cl.Cn1c(-c2nnc3cccnn23)cnc1N. The quantitative estimate of drug-likeness (QED) is 0.682. The predicted octanol–water partition coefficient (Wildman–Crippen LogP) is 0.529. The Labute approximate surface area is 103 Å². The Kier molecular flexibility index (Phi) is 2.68. The summed E-state index contributed by atoms with van der Waals surface area (Å²) in [6.07, 6.45) is 3.33. The first-order valence-electron chi connectivity index (χ1n) is 4.71. The summed E-state index contributed by atoms with van der Waals surface area (Å²) in [4.78, 5) is 4.01. The van der Waals surface area contributed by atoms with Crippen molar-refractivity contribution in [1.82, 2.24) is 29.4 Å². The molecule has 3 heterocycles. The van der Waals surface area contributed by atoms with E-state index < -0.39 is 0 Å². The van der Waals surface area contributed by atoms with Gasteiger partial charge in [0.1, 0.15) is 5.69 Å². The fraction of sp³-hybridized carbons (Fsp3) is 0.111. The summed E-state index contributed by atoms with van der Waals surface area (Å²) in [6.45, 7) is 0. The number of rotatable bonds is 1. The van der Waals surface area contributed by atoms with E-state index >= 15 is 0 Å². The molecule has 0 aromatic carbocycles. The summed E-state index contributed by atoms with van der Waals surface area (Å²) in [5.74, 6) is 1.06. The minimum Gasteiger partial charge on any atom is -0.369 e. The van der Waals surface area contributed by atoms with Gasteiger partial charge in [-0.1, -0.05) is 0 Å². The lowest BCUT2D eigenvalue weighted by Gasteiger charge is -2.00. The Bertz CT molecular complexity index is 656. The second-order valence-electron chi connectivity index (χ2n) is 3.38. The number of nitrogens with two attached hydrogens (primary N) is 1. The number of nitrogen functional groups attached to an aromatic ring is 1. The molecule has 3 aromatic heterocycles. The van der Waals surface area contributed by atoms with Crippen LogP contribution >= 0.6 is 12.4 Å². The molecule has 0 unspecified atom stereocenters. The first-order valence-corrected chi connectivity index (χ1v) is 4.71. The maximum absolute atomic E-state index is 5.66. The lowest BCUT2D eigenvalue weighted by molar-refractivity contribution is 0.885. The van der Waals surface area contributed by atoms with E-state index in [0.717, 1.165) is 5.69 Å². The van der Waals surface area contributed by atoms with Crippen LogP contribution in [0.25, 0.3) is 17.2 Å². The van der Waals surface area contributed by atoms with Gasteiger partial charge in [-0.15, -0.1) is 22.6 Å². The van der Waals surface area contributed by atoms with Gasteiger partial charge >= 0.3 is 0 Å². The van der Waals surface area contributed by atoms with Gasteiger partial charge in [-0.25, -0.2) is 4.98 Å². The van der Waals surface area contributed by atoms with Crippen LogP contribution in [0.15, 0.2) is 24.5 Å². The fourth-order valence-corrected chi connectivity index (χ4v) is 1.54. The number of imidazole rings is 1. The van der Waals surface area contributed by atoms with Crippen LogP contribution in [-0.2, 0) is 7.05 Å². The van der Waals surface area contributed by atoms with Crippen LogP contribution in [0.5, 0.6) is 0 Å². The Hall–Kier alpha value is -2.15. The average Bonchev–Trinajstić information content (AvgIpc) is 2.85. The summed E-state index contributed by atoms with van der Waals surface area (Å²) >= 11 is 0. The molecule has 0 spiro atoms. The number of nitrogens with zero attached hydrogens (tertiary/aromatic N) is 6. The number of hydrogen-bond donors (Lipinski definition) is 1. The summed E-state index contributed by atoms with van der Waals surface area (Å²) in [6, 6.07) is 3.65. The zero-order valence-corrected chi connectivity index (χ0v) is 9.79. The van der Waals surface area contributed by atoms with Crippen LogP contribution in [0, 0.1) is 0 Å². The third-order valence-corrected chi connectivity index (χ3v) is 2.43. The number of aromatic nitrogens is 6. The summed E-state index contributed by atoms with van der Waals surface area (Å²) < 4.78 is 3.39. The molecule has 0 aliphatic carbocycles. The van der Waals surface area contributed by atoms with E-state index in [4.69, 9.17) is 5.73 Å². The van der Waals surface area contributed by atoms with E-state index in [0.29, 0.717) is 17.4 Å². The summed E-state index contributed by atoms with van der Waals surface area (Å²) in [7, 11) is 1.82. The van der Waals surface area contributed by atoms with Crippen molar-refractivity contribution in [3.63, 3.8) is 0 Å². The largest absolute Gasteiger partial charge is 0.369 e. The van der Waals surface area contributed by atoms with Crippen LogP contribution < -0.4 is 5.73 Å². The van der Waals surface area contributed by atoms with E-state index in [-0.39, 0.29) is 12.4 Å². The van der Waals surface area contributed by atoms with Gasteiger partial charge in [0.05, 0.1) is 6.20 Å². The van der Waals surface area contributed by atoms with Crippen molar-refractivity contribution in [1.29, 1.82) is 0 Å². The Morgan fingerprint density at radius 2 is 2.12 bits per heavy atom. The molecule has 3 aromatic rings. The number of hydrogen-bond acceptors (Lipinski definition) is 5. The molecule has 0 aliphatic heterocycles. The minimum atomic E-state index is 0. The van der Waals surface area contributed by atoms with Gasteiger partial charge in [0.2, 0.25) is 5.82 Å². The molecule has 0 saturated carbocycles. The monoisotopic (exact) mass is 251 g/mol. The standard InChI is InChI=1S/C9H9N7.ClH/c1-15-6(5-11-9(15)10)8-14-13-7-3-2-4-12-16(7)8;/h2-5H,1H3,(H2,10,11);1H. The van der Waals surface area contributed by atoms with Gasteiger partial charge in [-0.3, -0.25) is 0 Å². The maximum atomic E-state index is 5.66. The van der Waals surface area contributed by atoms with Gasteiger partial charge < -0.3 is 10.3 Å². The highest BCUT2D eigenvalue weighted by Crippen LogP contribution is 2.18. The summed E-state index contributed by atoms with van der Waals surface area (Å²) in [5.41, 5.74) is 7.14. The van der Waals surface area contributed by atoms with E-state index in [2.05, 4.69) is 20.3 Å². The molecule has 0 saturated heterocycles. The molecular formula is C9H10ClN7. The lowest BCUT2D eigenvalue weighted by Crippen LogP contribution is -2.01. The predicted molar refractivity (Wildman–Crippen MR) is 64.6 cm³/mol. The number of anilines is 1. The molecule has 7 nitrogen and oxygen atoms in total. The van der Waals surface area contributed by atoms with E-state index in [1.807, 2.05) is 19.2 Å². The Morgan fingerprint density at radius 3 is 2.82 bits per heavy atom. The van der Waals surface area contributed by atoms with Gasteiger partial charge in [-0.05, 0) is 12.1 Å². The van der Waals surface area contributed by atoms with Gasteiger partial charge in [0, 0.05) is 13.2 Å². The molecule has 2 N–H and O–H groups in total. The van der Waals surface area contributed by atoms with Crippen LogP contribution in [0.4, 0.5) is 5.95 Å². The lowest BCUT2D eigenvalue weighted by atomic mass is 10.4. The highest BCUT2D eigenvalue weighted by atomic mass is 35.5. The molecule has 0 radical (unpaired) electrons. The first-order chi connectivity index (χ1) is 7.77. The first kappa shape index (κ1) is 11.3. The Morgan fingerprint density at radius 1 is 1.29 bits per heavy atom. The molecule has 0 fully saturated rings. The van der Waals surface area contributed by atoms with Crippen molar-refractivity contribution < 1.29 is 0 Å². The van der Waals surface area contributed by atoms with Crippen molar-refractivity contribution in [2.24, 2.45) is 7.05 Å². The minimum absolute atomic E-state index is 0. The van der Waals surface area contributed by atoms with Crippen LogP contribution in [0.3, 0.4) is 0 Å². The zero-order chi connectivity index (χ0) is 11.1. The highest BCUT2D eigenvalue weighted by Gasteiger charge is 2.13. The third-order valence-electron chi connectivity index (χ3n) is 2.43. The highest BCUT2D eigenvalue weighted by molar-refractivity contribution is 5.85. The van der Waals surface area contributed by atoms with Gasteiger partial charge in [0.25, 0.3) is 0 Å². The molecule has 17 heavy (non-hydrogen) atoms. The van der Waals surface area contributed by atoms with E-state index in [9.17, 15) is 0 Å². The second-order valence-corrected chi connectivity index (χ2v) is 3.38. The fourth-order valence-electron chi connectivity index (χ4n) is 1.54. The maximum Gasteiger partial charge on any atom is 0.203 e. The van der Waals surface area contributed by atoms with Crippen molar-refractivity contribution in [2.45, 2.75) is 0 Å². The number of fused-ring (bicyclic) bond motifs is 1. The van der Waals surface area contributed by atoms with Crippen LogP contribution in [-0.4, -0.2) is 29.4 Å². The molecule has 8 heteroatoms. The smallest absolute Gasteiger partial charge is 0.203 e. The van der Waals surface area contributed by atoms with Gasteiger partial charge in [-0.2, -0.15) is 9.61 Å². The molecule has 0 amide bonds. The molecule has 0 bridgehead atoms. The second kappa shape index (κ2) is 4.02. The van der Waals surface area contributed by atoms with E-state index in [1.165, 1.54) is 0 Å². The average molecular weight is 252 g/mol. The van der Waals surface area contributed by atoms with Crippen LogP contribution in [0.1, 0.15) is 0 Å². The topological polar surface area (TPSA) is 86.9 Å². The molecule has 88 valence electrons. The molecular weight excluding hydrogens is 242 g/mol. The van der Waals surface area contributed by atoms with Crippen LogP contribution in [0.2, 0.25) is 0 Å². The molecule has 0 aliphatic rings.